The second-order valence-electron chi connectivity index (χ2n) is 7.48. The molecule has 1 aliphatic rings. The van der Waals surface area contributed by atoms with Gasteiger partial charge in [-0.25, -0.2) is 9.97 Å². The first-order chi connectivity index (χ1) is 15.2. The molecule has 4 aromatic rings. The van der Waals surface area contributed by atoms with E-state index < -0.39 is 0 Å². The number of likely N-dealkylation sites (N-methyl/N-ethyl adjacent to an activating group) is 1. The van der Waals surface area contributed by atoms with Gasteiger partial charge in [0.05, 0.1) is 25.0 Å². The van der Waals surface area contributed by atoms with Gasteiger partial charge < -0.3 is 18.9 Å². The van der Waals surface area contributed by atoms with Crippen molar-refractivity contribution in [3.63, 3.8) is 0 Å². The number of amides is 1. The van der Waals surface area contributed by atoms with E-state index in [0.717, 1.165) is 17.0 Å². The van der Waals surface area contributed by atoms with Crippen LogP contribution in [-0.4, -0.2) is 56.6 Å². The van der Waals surface area contributed by atoms with E-state index in [1.165, 1.54) is 0 Å². The summed E-state index contributed by atoms with van der Waals surface area (Å²) in [5.41, 5.74) is 2.94. The summed E-state index contributed by atoms with van der Waals surface area (Å²) in [6.45, 7) is 1.41. The van der Waals surface area contributed by atoms with Crippen molar-refractivity contribution < 1.29 is 14.3 Å². The van der Waals surface area contributed by atoms with Gasteiger partial charge in [0, 0.05) is 25.6 Å². The van der Waals surface area contributed by atoms with E-state index in [4.69, 9.17) is 9.47 Å². The molecule has 0 fully saturated rings. The Bertz CT molecular complexity index is 1220. The molecule has 156 valence electrons. The van der Waals surface area contributed by atoms with Crippen LogP contribution in [0.15, 0.2) is 67.4 Å². The van der Waals surface area contributed by atoms with Gasteiger partial charge in [-0.2, -0.15) is 0 Å². The molecule has 3 aromatic heterocycles. The Balaban J connectivity index is 1.28. The number of benzene rings is 1. The smallest absolute Gasteiger partial charge is 0.255 e. The molecule has 0 aliphatic carbocycles. The zero-order valence-corrected chi connectivity index (χ0v) is 17.0. The summed E-state index contributed by atoms with van der Waals surface area (Å²) in [6, 6.07) is 13.2. The SMILES string of the molecule is CN(CC1COc2ccccc2O1)C(=O)c1cnc2c(c1)ncn2Cc1cccnc1. The van der Waals surface area contributed by atoms with E-state index in [1.54, 1.807) is 36.7 Å². The van der Waals surface area contributed by atoms with E-state index in [2.05, 4.69) is 15.0 Å². The first kappa shape index (κ1) is 19.0. The Morgan fingerprint density at radius 3 is 2.87 bits per heavy atom. The number of aromatic nitrogens is 4. The number of ether oxygens (including phenoxy) is 2. The topological polar surface area (TPSA) is 82.4 Å². The molecule has 1 unspecified atom stereocenters. The van der Waals surface area contributed by atoms with Crippen LogP contribution in [0.25, 0.3) is 11.2 Å². The Kier molecular flexibility index (Phi) is 4.95. The molecule has 0 saturated carbocycles. The molecule has 1 aromatic carbocycles. The Morgan fingerprint density at radius 1 is 1.16 bits per heavy atom. The fourth-order valence-electron chi connectivity index (χ4n) is 3.63. The van der Waals surface area contributed by atoms with Gasteiger partial charge in [0.2, 0.25) is 0 Å². The van der Waals surface area contributed by atoms with Crippen LogP contribution in [0.4, 0.5) is 0 Å². The average Bonchev–Trinajstić information content (AvgIpc) is 3.21. The fourth-order valence-corrected chi connectivity index (χ4v) is 3.63. The van der Waals surface area contributed by atoms with Crippen LogP contribution >= 0.6 is 0 Å². The number of imidazole rings is 1. The van der Waals surface area contributed by atoms with Gasteiger partial charge in [0.25, 0.3) is 5.91 Å². The van der Waals surface area contributed by atoms with Gasteiger partial charge in [0.1, 0.15) is 12.1 Å². The third-order valence-corrected chi connectivity index (χ3v) is 5.17. The maximum absolute atomic E-state index is 13.0. The molecule has 1 aliphatic heterocycles. The molecule has 0 spiro atoms. The summed E-state index contributed by atoms with van der Waals surface area (Å²) >= 11 is 0. The Labute approximate surface area is 179 Å². The monoisotopic (exact) mass is 415 g/mol. The highest BCUT2D eigenvalue weighted by Crippen LogP contribution is 2.31. The van der Waals surface area contributed by atoms with Crippen molar-refractivity contribution in [2.24, 2.45) is 0 Å². The third kappa shape index (κ3) is 3.92. The molecule has 8 heteroatoms. The number of para-hydroxylation sites is 2. The zero-order chi connectivity index (χ0) is 21.2. The minimum atomic E-state index is -0.237. The van der Waals surface area contributed by atoms with Crippen molar-refractivity contribution in [3.8, 4) is 11.5 Å². The zero-order valence-electron chi connectivity index (χ0n) is 17.0. The van der Waals surface area contributed by atoms with Crippen molar-refractivity contribution >= 4 is 17.1 Å². The Morgan fingerprint density at radius 2 is 2.03 bits per heavy atom. The van der Waals surface area contributed by atoms with Crippen LogP contribution in [0.2, 0.25) is 0 Å². The number of hydrogen-bond acceptors (Lipinski definition) is 6. The molecular formula is C23H21N5O3. The molecular weight excluding hydrogens is 394 g/mol. The van der Waals surface area contributed by atoms with Crippen molar-refractivity contribution in [2.45, 2.75) is 12.6 Å². The van der Waals surface area contributed by atoms with Crippen molar-refractivity contribution in [1.29, 1.82) is 0 Å². The second-order valence-corrected chi connectivity index (χ2v) is 7.48. The predicted octanol–water partition coefficient (Wildman–Crippen LogP) is 2.79. The van der Waals surface area contributed by atoms with Gasteiger partial charge in [-0.3, -0.25) is 9.78 Å². The number of fused-ring (bicyclic) bond motifs is 2. The van der Waals surface area contributed by atoms with E-state index in [1.807, 2.05) is 47.2 Å². The van der Waals surface area contributed by atoms with Crippen molar-refractivity contribution in [1.82, 2.24) is 24.4 Å². The van der Waals surface area contributed by atoms with Crippen LogP contribution in [0.3, 0.4) is 0 Å². The minimum Gasteiger partial charge on any atom is -0.486 e. The lowest BCUT2D eigenvalue weighted by Crippen LogP contribution is -2.41. The van der Waals surface area contributed by atoms with Crippen LogP contribution in [0.1, 0.15) is 15.9 Å². The quantitative estimate of drug-likeness (QED) is 0.499. The summed E-state index contributed by atoms with van der Waals surface area (Å²) < 4.78 is 13.6. The number of carbonyl (C=O) groups excluding carboxylic acids is 1. The molecule has 0 radical (unpaired) electrons. The van der Waals surface area contributed by atoms with Gasteiger partial charge in [0.15, 0.2) is 23.3 Å². The molecule has 0 saturated heterocycles. The predicted molar refractivity (Wildman–Crippen MR) is 114 cm³/mol. The van der Waals surface area contributed by atoms with E-state index in [0.29, 0.717) is 36.5 Å². The Hall–Kier alpha value is -3.94. The second kappa shape index (κ2) is 8.06. The molecule has 0 bridgehead atoms. The minimum absolute atomic E-state index is 0.140. The number of pyridine rings is 2. The molecule has 5 rings (SSSR count). The highest BCUT2D eigenvalue weighted by Gasteiger charge is 2.24. The van der Waals surface area contributed by atoms with Crippen LogP contribution in [-0.2, 0) is 6.54 Å². The van der Waals surface area contributed by atoms with Gasteiger partial charge in [-0.15, -0.1) is 0 Å². The largest absolute Gasteiger partial charge is 0.486 e. The highest BCUT2D eigenvalue weighted by atomic mass is 16.6. The van der Waals surface area contributed by atoms with Crippen molar-refractivity contribution in [3.05, 3.63) is 78.5 Å². The number of hydrogen-bond donors (Lipinski definition) is 0. The van der Waals surface area contributed by atoms with Crippen LogP contribution in [0.5, 0.6) is 11.5 Å². The van der Waals surface area contributed by atoms with Crippen LogP contribution in [0, 0.1) is 0 Å². The van der Waals surface area contributed by atoms with E-state index in [-0.39, 0.29) is 12.0 Å². The van der Waals surface area contributed by atoms with Gasteiger partial charge in [-0.1, -0.05) is 18.2 Å². The first-order valence-corrected chi connectivity index (χ1v) is 10.0. The summed E-state index contributed by atoms with van der Waals surface area (Å²) in [7, 11) is 1.75. The average molecular weight is 415 g/mol. The maximum atomic E-state index is 13.0. The summed E-state index contributed by atoms with van der Waals surface area (Å²) in [5.74, 6) is 1.28. The fraction of sp³-hybridized carbons (Fsp3) is 0.217. The highest BCUT2D eigenvalue weighted by molar-refractivity contribution is 5.96. The molecule has 8 nitrogen and oxygen atoms in total. The van der Waals surface area contributed by atoms with Crippen LogP contribution < -0.4 is 9.47 Å². The van der Waals surface area contributed by atoms with Gasteiger partial charge >= 0.3 is 0 Å². The number of rotatable bonds is 5. The van der Waals surface area contributed by atoms with Crippen molar-refractivity contribution in [2.75, 3.05) is 20.2 Å². The van der Waals surface area contributed by atoms with E-state index in [9.17, 15) is 4.79 Å². The molecule has 0 N–H and O–H groups in total. The summed E-state index contributed by atoms with van der Waals surface area (Å²) in [5, 5.41) is 0. The summed E-state index contributed by atoms with van der Waals surface area (Å²) in [6.07, 6.45) is 6.64. The third-order valence-electron chi connectivity index (χ3n) is 5.17. The first-order valence-electron chi connectivity index (χ1n) is 10.0. The lowest BCUT2D eigenvalue weighted by atomic mass is 10.2. The standard InChI is InChI=1S/C23H21N5O3/c1-27(13-18-14-30-20-6-2-3-7-21(20)31-18)23(29)17-9-19-22(25-11-17)28(15-26-19)12-16-5-4-8-24-10-16/h2-11,15,18H,12-14H2,1H3. The lowest BCUT2D eigenvalue weighted by Gasteiger charge is -2.29. The lowest BCUT2D eigenvalue weighted by molar-refractivity contribution is 0.0521. The molecule has 31 heavy (non-hydrogen) atoms. The van der Waals surface area contributed by atoms with E-state index >= 15 is 0 Å². The molecule has 1 atom stereocenters. The normalized spacial score (nSPS) is 15.1. The number of carbonyl (C=O) groups is 1. The molecule has 1 amide bonds. The maximum Gasteiger partial charge on any atom is 0.255 e. The number of nitrogens with zero attached hydrogens (tertiary/aromatic N) is 5. The summed E-state index contributed by atoms with van der Waals surface area (Å²) in [4.78, 5) is 27.6. The van der Waals surface area contributed by atoms with Gasteiger partial charge in [-0.05, 0) is 29.8 Å². The molecule has 4 heterocycles.